The van der Waals surface area contributed by atoms with E-state index in [-0.39, 0.29) is 0 Å². The van der Waals surface area contributed by atoms with E-state index >= 15 is 0 Å². The normalized spacial score (nSPS) is 10.1. The van der Waals surface area contributed by atoms with Gasteiger partial charge >= 0.3 is 0 Å². The molecule has 0 aliphatic rings. The Hall–Kier alpha value is -0.520. The lowest BCUT2D eigenvalue weighted by Gasteiger charge is -2.01. The first-order valence-electron chi connectivity index (χ1n) is 6.04. The van der Waals surface area contributed by atoms with Crippen LogP contribution in [-0.4, -0.2) is 24.9 Å². The predicted octanol–water partition coefficient (Wildman–Crippen LogP) is 2.75. The first-order chi connectivity index (χ1) is 7.41. The van der Waals surface area contributed by atoms with Gasteiger partial charge in [0.25, 0.3) is 0 Å². The van der Waals surface area contributed by atoms with Gasteiger partial charge in [0.1, 0.15) is 6.61 Å². The number of unbranched alkanes of at least 4 members (excludes halogenated alkanes) is 7. The number of hydrogen-bond donors (Lipinski definition) is 1. The third-order valence-electron chi connectivity index (χ3n) is 2.38. The average Bonchev–Trinajstić information content (AvgIpc) is 2.26. The zero-order valence-electron chi connectivity index (χ0n) is 9.71. The third-order valence-corrected chi connectivity index (χ3v) is 2.38. The molecule has 2 nitrogen and oxygen atoms in total. The molecule has 0 aromatic carbocycles. The minimum atomic E-state index is 0.340. The van der Waals surface area contributed by atoms with E-state index in [2.05, 4.69) is 5.92 Å². The molecule has 0 bridgehead atoms. The SMILES string of the molecule is C#CCOCCCCCCCCCCO. The molecule has 0 aromatic heterocycles. The van der Waals surface area contributed by atoms with Crippen molar-refractivity contribution in [2.75, 3.05) is 19.8 Å². The molecule has 0 heterocycles. The van der Waals surface area contributed by atoms with Crippen LogP contribution in [0.15, 0.2) is 0 Å². The van der Waals surface area contributed by atoms with Gasteiger partial charge in [-0.2, -0.15) is 0 Å². The van der Waals surface area contributed by atoms with Crippen LogP contribution in [0.1, 0.15) is 51.4 Å². The second kappa shape index (κ2) is 13.5. The maximum atomic E-state index is 8.58. The Morgan fingerprint density at radius 2 is 1.40 bits per heavy atom. The Kier molecular flexibility index (Phi) is 13.0. The van der Waals surface area contributed by atoms with Crippen LogP contribution in [0, 0.1) is 12.3 Å². The van der Waals surface area contributed by atoms with Gasteiger partial charge in [-0.25, -0.2) is 0 Å². The molecular formula is C13H24O2. The van der Waals surface area contributed by atoms with E-state index < -0.39 is 0 Å². The second-order valence-corrected chi connectivity index (χ2v) is 3.81. The summed E-state index contributed by atoms with van der Waals surface area (Å²) in [5.74, 6) is 2.46. The van der Waals surface area contributed by atoms with Crippen molar-refractivity contribution < 1.29 is 9.84 Å². The highest BCUT2D eigenvalue weighted by atomic mass is 16.5. The number of rotatable bonds is 11. The maximum absolute atomic E-state index is 8.58. The summed E-state index contributed by atoms with van der Waals surface area (Å²) < 4.78 is 5.18. The average molecular weight is 212 g/mol. The lowest BCUT2D eigenvalue weighted by molar-refractivity contribution is 0.162. The monoisotopic (exact) mass is 212 g/mol. The molecule has 0 rings (SSSR count). The van der Waals surface area contributed by atoms with Crippen LogP contribution in [-0.2, 0) is 4.74 Å². The molecule has 2 heteroatoms. The standard InChI is InChI=1S/C13H24O2/c1-2-12-15-13-10-8-6-4-3-5-7-9-11-14/h1,14H,3-13H2. The summed E-state index contributed by atoms with van der Waals surface area (Å²) in [4.78, 5) is 0. The fourth-order valence-electron chi connectivity index (χ4n) is 1.51. The molecule has 0 saturated carbocycles. The highest BCUT2D eigenvalue weighted by Gasteiger charge is 1.92. The molecule has 0 fully saturated rings. The molecule has 15 heavy (non-hydrogen) atoms. The minimum Gasteiger partial charge on any atom is -0.396 e. The first kappa shape index (κ1) is 14.5. The lowest BCUT2D eigenvalue weighted by Crippen LogP contribution is -1.94. The number of terminal acetylenes is 1. The summed E-state index contributed by atoms with van der Waals surface area (Å²) in [5.41, 5.74) is 0. The molecule has 88 valence electrons. The van der Waals surface area contributed by atoms with Crippen molar-refractivity contribution in [1.29, 1.82) is 0 Å². The van der Waals surface area contributed by atoms with Crippen molar-refractivity contribution in [2.45, 2.75) is 51.4 Å². The van der Waals surface area contributed by atoms with Gasteiger partial charge in [-0.1, -0.05) is 44.4 Å². The fourth-order valence-corrected chi connectivity index (χ4v) is 1.51. The van der Waals surface area contributed by atoms with E-state index in [1.54, 1.807) is 0 Å². The summed E-state index contributed by atoms with van der Waals surface area (Å²) in [6.45, 7) is 1.59. The Morgan fingerprint density at radius 1 is 0.867 bits per heavy atom. The zero-order chi connectivity index (χ0) is 11.2. The number of aliphatic hydroxyl groups excluding tert-OH is 1. The van der Waals surface area contributed by atoms with Crippen molar-refractivity contribution in [3.63, 3.8) is 0 Å². The molecule has 0 spiro atoms. The van der Waals surface area contributed by atoms with Crippen molar-refractivity contribution in [3.05, 3.63) is 0 Å². The van der Waals surface area contributed by atoms with Gasteiger partial charge in [-0.3, -0.25) is 0 Å². The van der Waals surface area contributed by atoms with Crippen molar-refractivity contribution in [3.8, 4) is 12.3 Å². The Balaban J connectivity index is 2.84. The van der Waals surface area contributed by atoms with Crippen molar-refractivity contribution >= 4 is 0 Å². The van der Waals surface area contributed by atoms with Crippen molar-refractivity contribution in [2.24, 2.45) is 0 Å². The molecule has 0 aliphatic carbocycles. The minimum absolute atomic E-state index is 0.340. The highest BCUT2D eigenvalue weighted by Crippen LogP contribution is 2.08. The van der Waals surface area contributed by atoms with Crippen LogP contribution < -0.4 is 0 Å². The molecule has 0 amide bonds. The van der Waals surface area contributed by atoms with Crippen LogP contribution >= 0.6 is 0 Å². The summed E-state index contributed by atoms with van der Waals surface area (Å²) in [6, 6.07) is 0. The van der Waals surface area contributed by atoms with E-state index in [1.807, 2.05) is 0 Å². The van der Waals surface area contributed by atoms with Crippen LogP contribution in [0.4, 0.5) is 0 Å². The van der Waals surface area contributed by atoms with Gasteiger partial charge in [-0.05, 0) is 12.8 Å². The van der Waals surface area contributed by atoms with Crippen LogP contribution in [0.25, 0.3) is 0 Å². The van der Waals surface area contributed by atoms with E-state index in [4.69, 9.17) is 16.3 Å². The topological polar surface area (TPSA) is 29.5 Å². The zero-order valence-corrected chi connectivity index (χ0v) is 9.71. The third kappa shape index (κ3) is 13.5. The van der Waals surface area contributed by atoms with Gasteiger partial charge < -0.3 is 9.84 Å². The maximum Gasteiger partial charge on any atom is 0.107 e. The Bertz CT molecular complexity index is 149. The van der Waals surface area contributed by atoms with Gasteiger partial charge in [-0.15, -0.1) is 6.42 Å². The van der Waals surface area contributed by atoms with Crippen molar-refractivity contribution in [1.82, 2.24) is 0 Å². The molecule has 0 saturated heterocycles. The molecule has 0 unspecified atom stereocenters. The molecular weight excluding hydrogens is 188 g/mol. The van der Waals surface area contributed by atoms with E-state index in [9.17, 15) is 0 Å². The van der Waals surface area contributed by atoms with Crippen LogP contribution in [0.3, 0.4) is 0 Å². The summed E-state index contributed by atoms with van der Waals surface area (Å²) in [6.07, 6.45) is 14.7. The fraction of sp³-hybridized carbons (Fsp3) is 0.846. The molecule has 0 atom stereocenters. The lowest BCUT2D eigenvalue weighted by atomic mass is 10.1. The molecule has 0 aliphatic heterocycles. The summed E-state index contributed by atoms with van der Waals surface area (Å²) in [7, 11) is 0. The van der Waals surface area contributed by atoms with E-state index in [1.165, 1.54) is 38.5 Å². The van der Waals surface area contributed by atoms with E-state index in [0.29, 0.717) is 13.2 Å². The summed E-state index contributed by atoms with van der Waals surface area (Å²) in [5, 5.41) is 8.58. The summed E-state index contributed by atoms with van der Waals surface area (Å²) >= 11 is 0. The van der Waals surface area contributed by atoms with Gasteiger partial charge in [0.15, 0.2) is 0 Å². The van der Waals surface area contributed by atoms with Crippen LogP contribution in [0.2, 0.25) is 0 Å². The number of aliphatic hydroxyl groups is 1. The predicted molar refractivity (Wildman–Crippen MR) is 63.7 cm³/mol. The van der Waals surface area contributed by atoms with E-state index in [0.717, 1.165) is 19.4 Å². The number of ether oxygens (including phenoxy) is 1. The molecule has 1 N–H and O–H groups in total. The highest BCUT2D eigenvalue weighted by molar-refractivity contribution is 4.82. The quantitative estimate of drug-likeness (QED) is 0.421. The first-order valence-corrected chi connectivity index (χ1v) is 6.04. The second-order valence-electron chi connectivity index (χ2n) is 3.81. The van der Waals surface area contributed by atoms with Gasteiger partial charge in [0, 0.05) is 13.2 Å². The van der Waals surface area contributed by atoms with Crippen LogP contribution in [0.5, 0.6) is 0 Å². The van der Waals surface area contributed by atoms with Gasteiger partial charge in [0.2, 0.25) is 0 Å². The molecule has 0 aromatic rings. The van der Waals surface area contributed by atoms with Gasteiger partial charge in [0.05, 0.1) is 0 Å². The Morgan fingerprint density at radius 3 is 1.93 bits per heavy atom. The molecule has 0 radical (unpaired) electrons. The largest absolute Gasteiger partial charge is 0.396 e. The Labute approximate surface area is 94.0 Å². The smallest absolute Gasteiger partial charge is 0.107 e. The number of hydrogen-bond acceptors (Lipinski definition) is 2.